The van der Waals surface area contributed by atoms with Crippen LogP contribution in [0.4, 0.5) is 28.9 Å². The molecular formula is C49H47F4N7O7S2. The Bertz CT molecular complexity index is 2820. The van der Waals surface area contributed by atoms with Gasteiger partial charge in [-0.05, 0) is 97.6 Å². The van der Waals surface area contributed by atoms with Gasteiger partial charge in [0.1, 0.15) is 37.4 Å². The van der Waals surface area contributed by atoms with Gasteiger partial charge in [0, 0.05) is 31.3 Å². The number of ether oxygens (including phenoxy) is 2. The summed E-state index contributed by atoms with van der Waals surface area (Å²) in [5, 5.41) is 25.1. The summed E-state index contributed by atoms with van der Waals surface area (Å²) in [4.78, 5) is 62.6. The zero-order valence-electron chi connectivity index (χ0n) is 38.3. The van der Waals surface area contributed by atoms with Gasteiger partial charge in [0.25, 0.3) is 5.91 Å². The molecule has 4 aromatic rings. The van der Waals surface area contributed by atoms with E-state index in [9.17, 15) is 42.7 Å². The number of thiocarbonyl (C=S) groups is 1. The number of hydrogen-bond acceptors (Lipinski definition) is 11. The Labute approximate surface area is 405 Å². The Morgan fingerprint density at radius 1 is 1.03 bits per heavy atom. The van der Waals surface area contributed by atoms with Gasteiger partial charge in [0.2, 0.25) is 17.7 Å². The van der Waals surface area contributed by atoms with Crippen molar-refractivity contribution in [2.45, 2.75) is 84.4 Å². The lowest BCUT2D eigenvalue weighted by atomic mass is 9.85. The minimum atomic E-state index is -4.87. The van der Waals surface area contributed by atoms with Crippen LogP contribution >= 0.6 is 23.6 Å². The van der Waals surface area contributed by atoms with Gasteiger partial charge >= 0.3 is 6.18 Å². The molecule has 0 bridgehead atoms. The summed E-state index contributed by atoms with van der Waals surface area (Å²) >= 11 is 7.06. The van der Waals surface area contributed by atoms with E-state index in [1.54, 1.807) is 37.6 Å². The number of thiazole rings is 1. The molecule has 0 radical (unpaired) electrons. The van der Waals surface area contributed by atoms with E-state index in [1.165, 1.54) is 47.9 Å². The second-order valence-corrected chi connectivity index (χ2v) is 18.8. The first-order chi connectivity index (χ1) is 32.5. The topological polar surface area (TPSA) is 177 Å². The van der Waals surface area contributed by atoms with Gasteiger partial charge in [-0.25, -0.2) is 9.37 Å². The summed E-state index contributed by atoms with van der Waals surface area (Å²) in [7, 11) is 0. The normalized spacial score (nSPS) is 17.0. The highest BCUT2D eigenvalue weighted by molar-refractivity contribution is 7.81. The summed E-state index contributed by atoms with van der Waals surface area (Å²) in [6.07, 6.45) is -5.77. The van der Waals surface area contributed by atoms with Crippen LogP contribution in [0, 0.1) is 53.2 Å². The van der Waals surface area contributed by atoms with Crippen LogP contribution in [0.25, 0.3) is 10.4 Å². The monoisotopic (exact) mass is 985 g/mol. The molecule has 3 atom stereocenters. The lowest BCUT2D eigenvalue weighted by Gasteiger charge is -2.35. The maximum atomic E-state index is 15.3. The van der Waals surface area contributed by atoms with Gasteiger partial charge in [-0.3, -0.25) is 24.1 Å². The molecule has 3 aromatic carbocycles. The summed E-state index contributed by atoms with van der Waals surface area (Å²) in [6, 6.07) is 13.8. The van der Waals surface area contributed by atoms with Crippen molar-refractivity contribution in [3.63, 3.8) is 0 Å². The van der Waals surface area contributed by atoms with E-state index in [0.717, 1.165) is 38.7 Å². The first-order valence-corrected chi connectivity index (χ1v) is 22.6. The molecule has 4 amide bonds. The standard InChI is InChI=1S/C49H47F4N7O7S2/c1-29-41(69-28-56-29)31-13-11-30(12-14-31)25-55-43(63)38-23-35(61)26-58(38)44(64)42(47(2,3)4)57-40(62)27-66-19-9-7-8-10-20-67-39-18-17-34(22-37(39)50)60-46(68)59(45(65)48(60,5)6)33-16-15-32(24-54)36(21-33)49(51,52)53/h11-18,21-22,28,35,38,42,61H,19-20,23,25-27H2,1-6H3,(H,55,63)(H,57,62)/t35-,38+,42?/m1/s1. The molecular weight excluding hydrogens is 939 g/mol. The molecule has 3 heterocycles. The number of rotatable bonds is 13. The van der Waals surface area contributed by atoms with E-state index in [2.05, 4.69) is 39.3 Å². The fourth-order valence-electron chi connectivity index (χ4n) is 7.66. The zero-order valence-corrected chi connectivity index (χ0v) is 39.9. The fraction of sp³-hybridized carbons (Fsp3) is 0.367. The number of amides is 4. The molecule has 2 saturated heterocycles. The number of aliphatic hydroxyl groups excluding tert-OH is 1. The predicted molar refractivity (Wildman–Crippen MR) is 253 cm³/mol. The van der Waals surface area contributed by atoms with E-state index >= 15 is 4.39 Å². The second kappa shape index (κ2) is 21.2. The van der Waals surface area contributed by atoms with Crippen molar-refractivity contribution in [1.29, 1.82) is 5.26 Å². The second-order valence-electron chi connectivity index (χ2n) is 17.6. The number of alkyl halides is 3. The number of anilines is 2. The van der Waals surface area contributed by atoms with Gasteiger partial charge in [-0.15, -0.1) is 11.3 Å². The van der Waals surface area contributed by atoms with Gasteiger partial charge in [-0.1, -0.05) is 51.0 Å². The van der Waals surface area contributed by atoms with Crippen molar-refractivity contribution in [2.75, 3.05) is 36.2 Å². The molecule has 2 fully saturated rings. The molecule has 6 rings (SSSR count). The van der Waals surface area contributed by atoms with Crippen molar-refractivity contribution in [3.05, 3.63) is 94.4 Å². The minimum Gasteiger partial charge on any atom is -0.478 e. The maximum absolute atomic E-state index is 15.3. The third-order valence-corrected chi connectivity index (χ3v) is 12.5. The Hall–Kier alpha value is -6.89. The molecule has 2 aliphatic rings. The van der Waals surface area contributed by atoms with Crippen LogP contribution in [0.1, 0.15) is 63.4 Å². The molecule has 1 aromatic heterocycles. The number of aliphatic hydroxyl groups is 1. The minimum absolute atomic E-state index is 0.0380. The third kappa shape index (κ3) is 11.9. The Balaban J connectivity index is 0.969. The summed E-state index contributed by atoms with van der Waals surface area (Å²) in [6.45, 7) is 9.38. The molecule has 3 N–H and O–H groups in total. The molecule has 360 valence electrons. The molecule has 1 unspecified atom stereocenters. The van der Waals surface area contributed by atoms with Crippen LogP contribution in [0.15, 0.2) is 66.2 Å². The van der Waals surface area contributed by atoms with Gasteiger partial charge in [0.05, 0.1) is 45.1 Å². The number of carbonyl (C=O) groups excluding carboxylic acids is 4. The Morgan fingerprint density at radius 2 is 1.71 bits per heavy atom. The number of nitrogens with one attached hydrogen (secondary N) is 2. The molecule has 0 saturated carbocycles. The average molecular weight is 986 g/mol. The van der Waals surface area contributed by atoms with Crippen molar-refractivity contribution >= 4 is 63.7 Å². The van der Waals surface area contributed by atoms with Gasteiger partial charge in [0.15, 0.2) is 16.7 Å². The number of nitrogens with zero attached hydrogens (tertiary/aromatic N) is 5. The number of aryl methyl sites for hydroxylation is 1. The zero-order chi connectivity index (χ0) is 50.4. The van der Waals surface area contributed by atoms with Gasteiger partial charge in [-0.2, -0.15) is 18.4 Å². The number of carbonyl (C=O) groups is 4. The van der Waals surface area contributed by atoms with Crippen LogP contribution in [-0.2, 0) is 36.6 Å². The van der Waals surface area contributed by atoms with Crippen LogP contribution in [0.2, 0.25) is 0 Å². The molecule has 2 aliphatic heterocycles. The predicted octanol–water partition coefficient (Wildman–Crippen LogP) is 6.28. The number of β-amino-alcohol motifs (C(OH)–C–C–N with tert-alkyl or cyclic N) is 1. The third-order valence-electron chi connectivity index (χ3n) is 11.2. The van der Waals surface area contributed by atoms with Crippen molar-refractivity contribution < 1.29 is 51.3 Å². The summed E-state index contributed by atoms with van der Waals surface area (Å²) in [5.41, 5.74) is 0.414. The SMILES string of the molecule is Cc1ncsc1-c1ccc(CNC(=O)[C@@H]2C[C@@H](O)CN2C(=O)C(NC(=O)COCC#CC#CCOc2ccc(N3C(=S)N(c4ccc(C#N)c(C(F)(F)F)c4)C(=O)C3(C)C)cc2F)C(C)(C)C)cc1. The van der Waals surface area contributed by atoms with Gasteiger partial charge < -0.3 is 35.0 Å². The van der Waals surface area contributed by atoms with Crippen molar-refractivity contribution in [2.24, 2.45) is 5.41 Å². The highest BCUT2D eigenvalue weighted by Crippen LogP contribution is 2.40. The maximum Gasteiger partial charge on any atom is 0.417 e. The van der Waals surface area contributed by atoms with E-state index < -0.39 is 82.5 Å². The number of hydrogen-bond donors (Lipinski definition) is 3. The first kappa shape index (κ1) is 51.5. The first-order valence-electron chi connectivity index (χ1n) is 21.3. The lowest BCUT2D eigenvalue weighted by Crippen LogP contribution is -2.58. The Kier molecular flexibility index (Phi) is 15.8. The number of benzene rings is 3. The average Bonchev–Trinajstić information content (AvgIpc) is 3.95. The van der Waals surface area contributed by atoms with E-state index in [1.807, 2.05) is 31.2 Å². The highest BCUT2D eigenvalue weighted by atomic mass is 32.1. The molecule has 69 heavy (non-hydrogen) atoms. The van der Waals surface area contributed by atoms with Crippen molar-refractivity contribution in [3.8, 4) is 45.9 Å². The molecule has 20 heteroatoms. The van der Waals surface area contributed by atoms with Crippen LogP contribution in [0.5, 0.6) is 5.75 Å². The van der Waals surface area contributed by atoms with Crippen molar-refractivity contribution in [1.82, 2.24) is 20.5 Å². The van der Waals surface area contributed by atoms with E-state index in [4.69, 9.17) is 21.7 Å². The highest BCUT2D eigenvalue weighted by Gasteiger charge is 2.51. The lowest BCUT2D eigenvalue weighted by molar-refractivity contribution is -0.144. The van der Waals surface area contributed by atoms with Crippen LogP contribution in [0.3, 0.4) is 0 Å². The smallest absolute Gasteiger partial charge is 0.417 e. The fourth-order valence-corrected chi connectivity index (χ4v) is 8.99. The molecule has 0 aliphatic carbocycles. The number of halogens is 4. The van der Waals surface area contributed by atoms with Crippen LogP contribution < -0.4 is 25.2 Å². The quantitative estimate of drug-likeness (QED) is 0.0595. The van der Waals surface area contributed by atoms with E-state index in [0.29, 0.717) is 6.07 Å². The molecule has 14 nitrogen and oxygen atoms in total. The number of likely N-dealkylation sites (tertiary alicyclic amines) is 1. The molecule has 0 spiro atoms. The summed E-state index contributed by atoms with van der Waals surface area (Å²) in [5.74, 6) is 7.00. The number of aromatic nitrogens is 1. The largest absolute Gasteiger partial charge is 0.478 e. The summed E-state index contributed by atoms with van der Waals surface area (Å²) < 4.78 is 67.2. The van der Waals surface area contributed by atoms with Crippen LogP contribution in [-0.4, -0.2) is 93.8 Å². The Morgan fingerprint density at radius 3 is 2.33 bits per heavy atom. The van der Waals surface area contributed by atoms with E-state index in [-0.39, 0.29) is 55.0 Å². The number of nitriles is 1.